The van der Waals surface area contributed by atoms with Gasteiger partial charge >= 0.3 is 6.03 Å². The van der Waals surface area contributed by atoms with E-state index in [4.69, 9.17) is 4.74 Å². The summed E-state index contributed by atoms with van der Waals surface area (Å²) in [6.07, 6.45) is 3.50. The summed E-state index contributed by atoms with van der Waals surface area (Å²) in [5.41, 5.74) is 2.82. The Morgan fingerprint density at radius 3 is 2.51 bits per heavy atom. The van der Waals surface area contributed by atoms with Crippen molar-refractivity contribution >= 4 is 28.4 Å². The predicted molar refractivity (Wildman–Crippen MR) is 145 cm³/mol. The van der Waals surface area contributed by atoms with Crippen LogP contribution in [0, 0.1) is 0 Å². The van der Waals surface area contributed by atoms with E-state index in [1.54, 1.807) is 25.4 Å². The van der Waals surface area contributed by atoms with Gasteiger partial charge in [-0.25, -0.2) is 9.78 Å². The number of piperidine rings is 1. The van der Waals surface area contributed by atoms with Gasteiger partial charge in [-0.3, -0.25) is 15.1 Å². The third kappa shape index (κ3) is 6.84. The Morgan fingerprint density at radius 1 is 1.14 bits per heavy atom. The predicted octanol–water partition coefficient (Wildman–Crippen LogP) is 4.02. The first kappa shape index (κ1) is 26.6. The number of hydrogen-bond donors (Lipinski definition) is 3. The van der Waals surface area contributed by atoms with Gasteiger partial charge in [-0.05, 0) is 62.3 Å². The van der Waals surface area contributed by atoms with E-state index in [2.05, 4.69) is 51.7 Å². The van der Waals surface area contributed by atoms with Gasteiger partial charge in [0.25, 0.3) is 5.91 Å². The van der Waals surface area contributed by atoms with E-state index in [0.717, 1.165) is 48.5 Å². The molecule has 3 N–H and O–H groups in total. The molecule has 3 aromatic rings. The highest BCUT2D eigenvalue weighted by Crippen LogP contribution is 2.34. The van der Waals surface area contributed by atoms with Crippen molar-refractivity contribution in [2.24, 2.45) is 0 Å². The van der Waals surface area contributed by atoms with Crippen LogP contribution in [0.2, 0.25) is 0 Å². The average Bonchev–Trinajstić information content (AvgIpc) is 3.38. The zero-order valence-corrected chi connectivity index (χ0v) is 22.5. The molecule has 3 heterocycles. The van der Waals surface area contributed by atoms with Crippen LogP contribution in [0.4, 0.5) is 9.93 Å². The molecule has 1 saturated heterocycles. The third-order valence-electron chi connectivity index (χ3n) is 6.74. The highest BCUT2D eigenvalue weighted by molar-refractivity contribution is 7.13. The summed E-state index contributed by atoms with van der Waals surface area (Å²) >= 11 is 1.38. The number of pyridine rings is 1. The first-order valence-electron chi connectivity index (χ1n) is 12.3. The minimum atomic E-state index is -0.354. The van der Waals surface area contributed by atoms with Gasteiger partial charge in [-0.15, -0.1) is 11.3 Å². The molecule has 196 valence electrons. The standard InChI is InChI=1S/C27H34N6O3S/c1-27(2,19-6-8-21(36-4)9-7-19)23-17-37-26(31-23)32-25(35)29-16-18-5-10-22(28-15-18)24(34)30-20-11-13-33(3)14-12-20/h5-10,15,17,20H,11-14,16H2,1-4H3,(H,30,34)(H2,29,31,32,35). The number of urea groups is 1. The van der Waals surface area contributed by atoms with Crippen molar-refractivity contribution in [3.63, 3.8) is 0 Å². The maximum Gasteiger partial charge on any atom is 0.321 e. The zero-order chi connectivity index (χ0) is 26.4. The number of aromatic nitrogens is 2. The Morgan fingerprint density at radius 2 is 1.86 bits per heavy atom. The number of carbonyl (C=O) groups is 2. The van der Waals surface area contributed by atoms with Crippen LogP contribution in [0.3, 0.4) is 0 Å². The van der Waals surface area contributed by atoms with Crippen molar-refractivity contribution in [3.05, 3.63) is 70.5 Å². The summed E-state index contributed by atoms with van der Waals surface area (Å²) < 4.78 is 5.25. The number of likely N-dealkylation sites (tertiary alicyclic amines) is 1. The minimum Gasteiger partial charge on any atom is -0.497 e. The SMILES string of the molecule is COc1ccc(C(C)(C)c2csc(NC(=O)NCc3ccc(C(=O)NC4CCN(C)CC4)nc3)n2)cc1. The molecule has 0 bridgehead atoms. The number of benzene rings is 1. The van der Waals surface area contributed by atoms with Crippen LogP contribution < -0.4 is 20.7 Å². The van der Waals surface area contributed by atoms with Crippen molar-refractivity contribution in [1.82, 2.24) is 25.5 Å². The van der Waals surface area contributed by atoms with E-state index >= 15 is 0 Å². The molecule has 0 spiro atoms. The lowest BCUT2D eigenvalue weighted by Gasteiger charge is -2.29. The Bertz CT molecular complexity index is 1200. The van der Waals surface area contributed by atoms with E-state index in [1.165, 1.54) is 11.3 Å². The molecular formula is C27H34N6O3S. The van der Waals surface area contributed by atoms with Gasteiger partial charge in [-0.1, -0.05) is 32.0 Å². The molecule has 0 unspecified atom stereocenters. The minimum absolute atomic E-state index is 0.163. The molecule has 1 fully saturated rings. The van der Waals surface area contributed by atoms with Crippen LogP contribution in [0.1, 0.15) is 54.0 Å². The summed E-state index contributed by atoms with van der Waals surface area (Å²) in [4.78, 5) is 36.1. The van der Waals surface area contributed by atoms with Crippen LogP contribution >= 0.6 is 11.3 Å². The molecule has 0 radical (unpaired) electrons. The molecule has 1 aromatic carbocycles. The normalized spacial score (nSPS) is 14.7. The quantitative estimate of drug-likeness (QED) is 0.412. The van der Waals surface area contributed by atoms with Gasteiger partial charge in [0, 0.05) is 29.6 Å². The molecule has 4 rings (SSSR count). The smallest absolute Gasteiger partial charge is 0.321 e. The number of nitrogens with one attached hydrogen (secondary N) is 3. The molecule has 10 heteroatoms. The molecule has 3 amide bonds. The van der Waals surface area contributed by atoms with E-state index < -0.39 is 0 Å². The monoisotopic (exact) mass is 522 g/mol. The molecule has 0 saturated carbocycles. The van der Waals surface area contributed by atoms with Crippen molar-refractivity contribution in [3.8, 4) is 5.75 Å². The van der Waals surface area contributed by atoms with Crippen LogP contribution in [0.25, 0.3) is 0 Å². The number of thiazole rings is 1. The Hall–Kier alpha value is -3.50. The first-order chi connectivity index (χ1) is 17.7. The van der Waals surface area contributed by atoms with Crippen LogP contribution in [0.15, 0.2) is 48.0 Å². The highest BCUT2D eigenvalue weighted by atomic mass is 32.1. The van der Waals surface area contributed by atoms with E-state index in [9.17, 15) is 9.59 Å². The number of carbonyl (C=O) groups excluding carboxylic acids is 2. The van der Waals surface area contributed by atoms with Gasteiger partial charge in [-0.2, -0.15) is 0 Å². The second-order valence-corrected chi connectivity index (χ2v) is 10.7. The number of methoxy groups -OCH3 is 1. The highest BCUT2D eigenvalue weighted by Gasteiger charge is 2.26. The molecule has 0 atom stereocenters. The number of anilines is 1. The summed E-state index contributed by atoms with van der Waals surface area (Å²) in [6.45, 7) is 6.43. The number of rotatable bonds is 8. The van der Waals surface area contributed by atoms with Crippen molar-refractivity contribution in [1.29, 1.82) is 0 Å². The lowest BCUT2D eigenvalue weighted by molar-refractivity contribution is 0.0911. The fourth-order valence-corrected chi connectivity index (χ4v) is 5.05. The Balaban J connectivity index is 1.26. The van der Waals surface area contributed by atoms with Crippen molar-refractivity contribution in [2.45, 2.75) is 44.7 Å². The summed E-state index contributed by atoms with van der Waals surface area (Å²) in [5.74, 6) is 0.640. The lowest BCUT2D eigenvalue weighted by atomic mass is 9.82. The van der Waals surface area contributed by atoms with Gasteiger partial charge in [0.2, 0.25) is 0 Å². The number of amides is 3. The third-order valence-corrected chi connectivity index (χ3v) is 7.50. The fraction of sp³-hybridized carbons (Fsp3) is 0.407. The number of ether oxygens (including phenoxy) is 1. The van der Waals surface area contributed by atoms with E-state index in [0.29, 0.717) is 10.8 Å². The van der Waals surface area contributed by atoms with Gasteiger partial charge in [0.15, 0.2) is 5.13 Å². The topological polar surface area (TPSA) is 108 Å². The maximum absolute atomic E-state index is 12.5. The Kier molecular flexibility index (Phi) is 8.40. The second kappa shape index (κ2) is 11.7. The fourth-order valence-electron chi connectivity index (χ4n) is 4.17. The molecule has 1 aliphatic rings. The zero-order valence-electron chi connectivity index (χ0n) is 21.7. The molecular weight excluding hydrogens is 488 g/mol. The molecule has 9 nitrogen and oxygen atoms in total. The number of nitrogens with zero attached hydrogens (tertiary/aromatic N) is 3. The largest absolute Gasteiger partial charge is 0.497 e. The molecule has 37 heavy (non-hydrogen) atoms. The lowest BCUT2D eigenvalue weighted by Crippen LogP contribution is -2.43. The average molecular weight is 523 g/mol. The molecule has 2 aromatic heterocycles. The van der Waals surface area contributed by atoms with Gasteiger partial charge < -0.3 is 20.3 Å². The van der Waals surface area contributed by atoms with Crippen molar-refractivity contribution in [2.75, 3.05) is 32.6 Å². The van der Waals surface area contributed by atoms with E-state index in [-0.39, 0.29) is 29.9 Å². The summed E-state index contributed by atoms with van der Waals surface area (Å²) in [7, 11) is 3.73. The Labute approximate surface area is 221 Å². The number of hydrogen-bond acceptors (Lipinski definition) is 7. The maximum atomic E-state index is 12.5. The van der Waals surface area contributed by atoms with Crippen LogP contribution in [-0.2, 0) is 12.0 Å². The van der Waals surface area contributed by atoms with Gasteiger partial charge in [0.1, 0.15) is 11.4 Å². The van der Waals surface area contributed by atoms with Crippen LogP contribution in [0.5, 0.6) is 5.75 Å². The molecule has 1 aliphatic heterocycles. The molecule has 0 aliphatic carbocycles. The van der Waals surface area contributed by atoms with Crippen molar-refractivity contribution < 1.29 is 14.3 Å². The van der Waals surface area contributed by atoms with E-state index in [1.807, 2.05) is 29.6 Å². The first-order valence-corrected chi connectivity index (χ1v) is 13.2. The summed E-state index contributed by atoms with van der Waals surface area (Å²) in [6, 6.07) is 11.2. The second-order valence-electron chi connectivity index (χ2n) is 9.80. The summed E-state index contributed by atoms with van der Waals surface area (Å²) in [5, 5.41) is 11.2. The van der Waals surface area contributed by atoms with Crippen LogP contribution in [-0.4, -0.2) is 60.1 Å². The van der Waals surface area contributed by atoms with Gasteiger partial charge in [0.05, 0.1) is 12.8 Å².